The predicted molar refractivity (Wildman–Crippen MR) is 80.0 cm³/mol. The summed E-state index contributed by atoms with van der Waals surface area (Å²) in [5.74, 6) is 0.863. The second kappa shape index (κ2) is 9.63. The average molecular weight is 282 g/mol. The number of hydrogen-bond donors (Lipinski definition) is 1. The van der Waals surface area contributed by atoms with E-state index in [0.29, 0.717) is 13.2 Å². The van der Waals surface area contributed by atoms with Crippen LogP contribution in [0, 0.1) is 0 Å². The van der Waals surface area contributed by atoms with Gasteiger partial charge < -0.3 is 19.7 Å². The van der Waals surface area contributed by atoms with Crippen molar-refractivity contribution >= 4 is 5.82 Å². The predicted octanol–water partition coefficient (Wildman–Crippen LogP) is 1.07. The lowest BCUT2D eigenvalue weighted by atomic mass is 10.3. The van der Waals surface area contributed by atoms with Crippen LogP contribution in [0.25, 0.3) is 0 Å². The molecule has 0 saturated heterocycles. The standard InChI is InChI=1S/C14H26N4O2/c1-5-15-8-13-9-16-10-14(17-13)18(6-7-19-3)12(2)11-20-4/h9-10,12,15H,5-8,11H2,1-4H3. The van der Waals surface area contributed by atoms with Gasteiger partial charge in [-0.1, -0.05) is 6.92 Å². The van der Waals surface area contributed by atoms with Crippen LogP contribution in [-0.2, 0) is 16.0 Å². The smallest absolute Gasteiger partial charge is 0.147 e. The third kappa shape index (κ3) is 5.40. The van der Waals surface area contributed by atoms with Gasteiger partial charge in [0.15, 0.2) is 0 Å². The number of ether oxygens (including phenoxy) is 2. The molecule has 0 amide bonds. The van der Waals surface area contributed by atoms with Crippen molar-refractivity contribution in [2.24, 2.45) is 0 Å². The Balaban J connectivity index is 2.82. The van der Waals surface area contributed by atoms with Gasteiger partial charge in [-0.25, -0.2) is 4.98 Å². The van der Waals surface area contributed by atoms with Gasteiger partial charge in [-0.15, -0.1) is 0 Å². The van der Waals surface area contributed by atoms with Gasteiger partial charge in [0.2, 0.25) is 0 Å². The summed E-state index contributed by atoms with van der Waals surface area (Å²) in [6.07, 6.45) is 3.58. The van der Waals surface area contributed by atoms with Gasteiger partial charge >= 0.3 is 0 Å². The lowest BCUT2D eigenvalue weighted by Crippen LogP contribution is -2.39. The molecular weight excluding hydrogens is 256 g/mol. The van der Waals surface area contributed by atoms with E-state index in [1.807, 2.05) is 0 Å². The zero-order valence-electron chi connectivity index (χ0n) is 12.9. The summed E-state index contributed by atoms with van der Waals surface area (Å²) >= 11 is 0. The summed E-state index contributed by atoms with van der Waals surface area (Å²) in [5, 5.41) is 3.26. The van der Waals surface area contributed by atoms with E-state index >= 15 is 0 Å². The largest absolute Gasteiger partial charge is 0.383 e. The maximum atomic E-state index is 5.24. The molecule has 0 saturated carbocycles. The van der Waals surface area contributed by atoms with E-state index in [4.69, 9.17) is 9.47 Å². The summed E-state index contributed by atoms with van der Waals surface area (Å²) in [7, 11) is 3.41. The Bertz CT molecular complexity index is 376. The van der Waals surface area contributed by atoms with Gasteiger partial charge in [0.05, 0.1) is 31.1 Å². The van der Waals surface area contributed by atoms with Crippen LogP contribution < -0.4 is 10.2 Å². The quantitative estimate of drug-likeness (QED) is 0.693. The van der Waals surface area contributed by atoms with Crippen molar-refractivity contribution in [1.82, 2.24) is 15.3 Å². The molecule has 0 fully saturated rings. The number of aromatic nitrogens is 2. The minimum absolute atomic E-state index is 0.221. The summed E-state index contributed by atoms with van der Waals surface area (Å²) in [5.41, 5.74) is 0.941. The number of nitrogens with one attached hydrogen (secondary N) is 1. The third-order valence-electron chi connectivity index (χ3n) is 3.00. The Labute approximate surface area is 121 Å². The Morgan fingerprint density at radius 3 is 2.75 bits per heavy atom. The van der Waals surface area contributed by atoms with Crippen LogP contribution in [0.3, 0.4) is 0 Å². The van der Waals surface area contributed by atoms with E-state index in [0.717, 1.165) is 31.1 Å². The van der Waals surface area contributed by atoms with Gasteiger partial charge in [-0.05, 0) is 13.5 Å². The van der Waals surface area contributed by atoms with Crippen molar-refractivity contribution in [3.63, 3.8) is 0 Å². The van der Waals surface area contributed by atoms with E-state index in [9.17, 15) is 0 Å². The molecule has 1 unspecified atom stereocenters. The SMILES string of the molecule is CCNCc1cncc(N(CCOC)C(C)COC)n1. The molecule has 1 N–H and O–H groups in total. The topological polar surface area (TPSA) is 59.5 Å². The number of methoxy groups -OCH3 is 2. The molecule has 6 heteroatoms. The van der Waals surface area contributed by atoms with Crippen LogP contribution in [0.15, 0.2) is 12.4 Å². The third-order valence-corrected chi connectivity index (χ3v) is 3.00. The molecule has 0 bridgehead atoms. The van der Waals surface area contributed by atoms with Gasteiger partial charge in [0.1, 0.15) is 5.82 Å². The summed E-state index contributed by atoms with van der Waals surface area (Å²) in [6.45, 7) is 7.88. The number of rotatable bonds is 10. The molecule has 0 aromatic carbocycles. The zero-order chi connectivity index (χ0) is 14.8. The Morgan fingerprint density at radius 2 is 2.10 bits per heavy atom. The van der Waals surface area contributed by atoms with Crippen molar-refractivity contribution in [3.8, 4) is 0 Å². The molecule has 0 aliphatic heterocycles. The van der Waals surface area contributed by atoms with Crippen LogP contribution >= 0.6 is 0 Å². The van der Waals surface area contributed by atoms with Gasteiger partial charge in [0, 0.05) is 33.5 Å². The molecule has 0 spiro atoms. The van der Waals surface area contributed by atoms with Crippen molar-refractivity contribution < 1.29 is 9.47 Å². The monoisotopic (exact) mass is 282 g/mol. The van der Waals surface area contributed by atoms with Crippen molar-refractivity contribution in [3.05, 3.63) is 18.1 Å². The average Bonchev–Trinajstić information content (AvgIpc) is 2.46. The molecule has 114 valence electrons. The van der Waals surface area contributed by atoms with Crippen molar-refractivity contribution in [1.29, 1.82) is 0 Å². The zero-order valence-corrected chi connectivity index (χ0v) is 12.9. The maximum absolute atomic E-state index is 5.24. The first kappa shape index (κ1) is 16.8. The first-order valence-electron chi connectivity index (χ1n) is 6.99. The fourth-order valence-electron chi connectivity index (χ4n) is 1.95. The molecule has 20 heavy (non-hydrogen) atoms. The van der Waals surface area contributed by atoms with Crippen LogP contribution in [-0.4, -0.2) is 56.5 Å². The number of anilines is 1. The molecule has 1 atom stereocenters. The number of hydrogen-bond acceptors (Lipinski definition) is 6. The molecule has 1 aromatic rings. The Hall–Kier alpha value is -1.24. The fraction of sp³-hybridized carbons (Fsp3) is 0.714. The van der Waals surface area contributed by atoms with Gasteiger partial charge in [-0.3, -0.25) is 4.98 Å². The summed E-state index contributed by atoms with van der Waals surface area (Å²) in [4.78, 5) is 11.1. The van der Waals surface area contributed by atoms with E-state index in [2.05, 4.69) is 34.0 Å². The maximum Gasteiger partial charge on any atom is 0.147 e. The first-order valence-corrected chi connectivity index (χ1v) is 6.99. The van der Waals surface area contributed by atoms with E-state index in [1.165, 1.54) is 0 Å². The minimum Gasteiger partial charge on any atom is -0.383 e. The van der Waals surface area contributed by atoms with Crippen LogP contribution in [0.5, 0.6) is 0 Å². The van der Waals surface area contributed by atoms with Crippen LogP contribution in [0.2, 0.25) is 0 Å². The highest BCUT2D eigenvalue weighted by atomic mass is 16.5. The van der Waals surface area contributed by atoms with Crippen molar-refractivity contribution in [2.75, 3.05) is 45.4 Å². The highest BCUT2D eigenvalue weighted by Gasteiger charge is 2.16. The summed E-state index contributed by atoms with van der Waals surface area (Å²) < 4.78 is 10.4. The lowest BCUT2D eigenvalue weighted by Gasteiger charge is -2.29. The van der Waals surface area contributed by atoms with E-state index in [1.54, 1.807) is 26.6 Å². The van der Waals surface area contributed by atoms with E-state index in [-0.39, 0.29) is 6.04 Å². The molecule has 6 nitrogen and oxygen atoms in total. The molecule has 1 aromatic heterocycles. The van der Waals surface area contributed by atoms with Gasteiger partial charge in [-0.2, -0.15) is 0 Å². The lowest BCUT2D eigenvalue weighted by molar-refractivity contribution is 0.170. The molecule has 1 heterocycles. The first-order chi connectivity index (χ1) is 9.72. The highest BCUT2D eigenvalue weighted by molar-refractivity contribution is 5.37. The van der Waals surface area contributed by atoms with Crippen LogP contribution in [0.4, 0.5) is 5.82 Å². The second-order valence-corrected chi connectivity index (χ2v) is 4.64. The van der Waals surface area contributed by atoms with E-state index < -0.39 is 0 Å². The molecule has 0 aliphatic carbocycles. The minimum atomic E-state index is 0.221. The summed E-state index contributed by atoms with van der Waals surface area (Å²) in [6, 6.07) is 0.221. The van der Waals surface area contributed by atoms with Crippen LogP contribution in [0.1, 0.15) is 19.5 Å². The number of nitrogens with zero attached hydrogens (tertiary/aromatic N) is 3. The normalized spacial score (nSPS) is 12.4. The second-order valence-electron chi connectivity index (χ2n) is 4.64. The molecule has 1 rings (SSSR count). The fourth-order valence-corrected chi connectivity index (χ4v) is 1.95. The highest BCUT2D eigenvalue weighted by Crippen LogP contribution is 2.13. The van der Waals surface area contributed by atoms with Crippen molar-refractivity contribution in [2.45, 2.75) is 26.4 Å². The van der Waals surface area contributed by atoms with Gasteiger partial charge in [0.25, 0.3) is 0 Å². The molecular formula is C14H26N4O2. The Morgan fingerprint density at radius 1 is 1.30 bits per heavy atom. The molecule has 0 radical (unpaired) electrons. The molecule has 0 aliphatic rings. The Kier molecular flexibility index (Phi) is 8.10.